The Labute approximate surface area is 116 Å². The molecular formula is C14H16ClNO3. The maximum atomic E-state index is 11.9. The molecule has 102 valence electrons. The lowest BCUT2D eigenvalue weighted by Crippen LogP contribution is -2.29. The molecule has 2 unspecified atom stereocenters. The number of amides is 1. The molecule has 0 radical (unpaired) electrons. The summed E-state index contributed by atoms with van der Waals surface area (Å²) in [5, 5.41) is 12.4. The Morgan fingerprint density at radius 3 is 2.68 bits per heavy atom. The van der Waals surface area contributed by atoms with Crippen LogP contribution in [0.15, 0.2) is 24.3 Å². The number of carboxylic acid groups (broad SMARTS) is 1. The van der Waals surface area contributed by atoms with E-state index in [1.807, 2.05) is 12.1 Å². The smallest absolute Gasteiger partial charge is 0.306 e. The predicted molar refractivity (Wildman–Crippen MR) is 71.8 cm³/mol. The van der Waals surface area contributed by atoms with E-state index in [9.17, 15) is 9.59 Å². The average molecular weight is 282 g/mol. The van der Waals surface area contributed by atoms with Crippen LogP contribution in [0.5, 0.6) is 0 Å². The number of carbonyl (C=O) groups excluding carboxylic acids is 1. The van der Waals surface area contributed by atoms with Crippen molar-refractivity contribution in [2.45, 2.75) is 25.8 Å². The van der Waals surface area contributed by atoms with Crippen molar-refractivity contribution in [1.82, 2.24) is 5.32 Å². The van der Waals surface area contributed by atoms with Crippen LogP contribution in [0.25, 0.3) is 0 Å². The molecule has 1 aliphatic carbocycles. The highest BCUT2D eigenvalue weighted by Crippen LogP contribution is 2.31. The maximum absolute atomic E-state index is 11.9. The number of halogens is 1. The van der Waals surface area contributed by atoms with Crippen molar-refractivity contribution < 1.29 is 14.7 Å². The normalized spacial score (nSPS) is 22.2. The van der Waals surface area contributed by atoms with Gasteiger partial charge in [0.1, 0.15) is 0 Å². The van der Waals surface area contributed by atoms with Crippen LogP contribution in [0.3, 0.4) is 0 Å². The van der Waals surface area contributed by atoms with Gasteiger partial charge in [0.15, 0.2) is 0 Å². The number of benzene rings is 1. The summed E-state index contributed by atoms with van der Waals surface area (Å²) in [6, 6.07) is 7.30. The number of hydrogen-bond donors (Lipinski definition) is 2. The van der Waals surface area contributed by atoms with Gasteiger partial charge in [-0.25, -0.2) is 0 Å². The largest absolute Gasteiger partial charge is 0.481 e. The number of hydrogen-bond acceptors (Lipinski definition) is 2. The minimum atomic E-state index is -0.801. The number of carboxylic acids is 1. The first kappa shape index (κ1) is 13.9. The van der Waals surface area contributed by atoms with Crippen molar-refractivity contribution in [3.8, 4) is 0 Å². The van der Waals surface area contributed by atoms with Gasteiger partial charge in [0.25, 0.3) is 0 Å². The fraction of sp³-hybridized carbons (Fsp3) is 0.429. The fourth-order valence-corrected chi connectivity index (χ4v) is 2.64. The van der Waals surface area contributed by atoms with E-state index in [4.69, 9.17) is 16.7 Å². The lowest BCUT2D eigenvalue weighted by Gasteiger charge is -2.11. The zero-order valence-electron chi connectivity index (χ0n) is 10.4. The molecule has 1 aromatic rings. The molecule has 0 bridgehead atoms. The van der Waals surface area contributed by atoms with Crippen molar-refractivity contribution in [3.05, 3.63) is 34.9 Å². The van der Waals surface area contributed by atoms with E-state index in [0.29, 0.717) is 30.8 Å². The molecule has 1 amide bonds. The highest BCUT2D eigenvalue weighted by molar-refractivity contribution is 6.30. The third kappa shape index (κ3) is 3.70. The summed E-state index contributed by atoms with van der Waals surface area (Å²) in [4.78, 5) is 22.8. The summed E-state index contributed by atoms with van der Waals surface area (Å²) in [6.07, 6.45) is 1.68. The summed E-state index contributed by atoms with van der Waals surface area (Å²) >= 11 is 5.86. The van der Waals surface area contributed by atoms with Gasteiger partial charge in [-0.1, -0.05) is 23.7 Å². The van der Waals surface area contributed by atoms with Crippen LogP contribution >= 0.6 is 11.6 Å². The van der Waals surface area contributed by atoms with Gasteiger partial charge in [-0.3, -0.25) is 9.59 Å². The first-order valence-electron chi connectivity index (χ1n) is 6.31. The van der Waals surface area contributed by atoms with Gasteiger partial charge in [-0.2, -0.15) is 0 Å². The minimum Gasteiger partial charge on any atom is -0.481 e. The number of rotatable bonds is 4. The molecule has 0 aromatic heterocycles. The van der Waals surface area contributed by atoms with Crippen LogP contribution < -0.4 is 5.32 Å². The average Bonchev–Trinajstić information content (AvgIpc) is 2.86. The summed E-state index contributed by atoms with van der Waals surface area (Å²) < 4.78 is 0. The van der Waals surface area contributed by atoms with Crippen LogP contribution in [0.2, 0.25) is 5.02 Å². The molecule has 5 heteroatoms. The van der Waals surface area contributed by atoms with E-state index in [1.165, 1.54) is 0 Å². The Kier molecular flexibility index (Phi) is 4.43. The van der Waals surface area contributed by atoms with Crippen molar-refractivity contribution >= 4 is 23.5 Å². The molecule has 2 N–H and O–H groups in total. The summed E-state index contributed by atoms with van der Waals surface area (Å²) in [7, 11) is 0. The molecule has 1 aromatic carbocycles. The molecule has 0 heterocycles. The molecule has 4 nitrogen and oxygen atoms in total. The Morgan fingerprint density at radius 1 is 1.32 bits per heavy atom. The van der Waals surface area contributed by atoms with Crippen LogP contribution in [-0.4, -0.2) is 17.0 Å². The molecule has 1 fully saturated rings. The lowest BCUT2D eigenvalue weighted by molar-refractivity contribution is -0.141. The van der Waals surface area contributed by atoms with Gasteiger partial charge >= 0.3 is 5.97 Å². The van der Waals surface area contributed by atoms with Crippen molar-refractivity contribution in [2.24, 2.45) is 11.8 Å². The zero-order valence-corrected chi connectivity index (χ0v) is 11.2. The van der Waals surface area contributed by atoms with Crippen molar-refractivity contribution in [3.63, 3.8) is 0 Å². The van der Waals surface area contributed by atoms with Crippen molar-refractivity contribution in [1.29, 1.82) is 0 Å². The standard InChI is InChI=1S/C14H16ClNO3/c15-12-3-1-2-9(6-12)8-16-13(17)10-4-5-11(7-10)14(18)19/h1-3,6,10-11H,4-5,7-8H2,(H,16,17)(H,18,19). The molecule has 0 saturated heterocycles. The van der Waals surface area contributed by atoms with Gasteiger partial charge in [0.05, 0.1) is 5.92 Å². The summed E-state index contributed by atoms with van der Waals surface area (Å²) in [5.74, 6) is -1.42. The second-order valence-corrected chi connectivity index (χ2v) is 5.33. The van der Waals surface area contributed by atoms with Gasteiger partial charge in [-0.15, -0.1) is 0 Å². The SMILES string of the molecule is O=C(O)C1CCC(C(=O)NCc2cccc(Cl)c2)C1. The van der Waals surface area contributed by atoms with Gasteiger partial charge in [-0.05, 0) is 37.0 Å². The number of nitrogens with one attached hydrogen (secondary N) is 1. The highest BCUT2D eigenvalue weighted by Gasteiger charge is 2.33. The molecule has 1 aliphatic rings. The van der Waals surface area contributed by atoms with E-state index in [0.717, 1.165) is 5.56 Å². The second-order valence-electron chi connectivity index (χ2n) is 4.89. The Hall–Kier alpha value is -1.55. The first-order valence-corrected chi connectivity index (χ1v) is 6.69. The zero-order chi connectivity index (χ0) is 13.8. The summed E-state index contributed by atoms with van der Waals surface area (Å²) in [6.45, 7) is 0.424. The topological polar surface area (TPSA) is 66.4 Å². The third-order valence-corrected chi connectivity index (χ3v) is 3.74. The van der Waals surface area contributed by atoms with E-state index in [-0.39, 0.29) is 17.7 Å². The van der Waals surface area contributed by atoms with Crippen LogP contribution in [0, 0.1) is 11.8 Å². The second kappa shape index (κ2) is 6.06. The van der Waals surface area contributed by atoms with Gasteiger partial charge in [0, 0.05) is 17.5 Å². The van der Waals surface area contributed by atoms with Crippen molar-refractivity contribution in [2.75, 3.05) is 0 Å². The molecule has 19 heavy (non-hydrogen) atoms. The van der Waals surface area contributed by atoms with Crippen LogP contribution in [-0.2, 0) is 16.1 Å². The van der Waals surface area contributed by atoms with Crippen LogP contribution in [0.4, 0.5) is 0 Å². The lowest BCUT2D eigenvalue weighted by atomic mass is 10.0. The molecular weight excluding hydrogens is 266 g/mol. The molecule has 2 rings (SSSR count). The Balaban J connectivity index is 1.84. The van der Waals surface area contributed by atoms with E-state index >= 15 is 0 Å². The van der Waals surface area contributed by atoms with Gasteiger partial charge < -0.3 is 10.4 Å². The number of carbonyl (C=O) groups is 2. The third-order valence-electron chi connectivity index (χ3n) is 3.51. The maximum Gasteiger partial charge on any atom is 0.306 e. The molecule has 2 atom stereocenters. The first-order chi connectivity index (χ1) is 9.06. The monoisotopic (exact) mass is 281 g/mol. The molecule has 1 saturated carbocycles. The Morgan fingerprint density at radius 2 is 2.05 bits per heavy atom. The van der Waals surface area contributed by atoms with E-state index in [1.54, 1.807) is 12.1 Å². The van der Waals surface area contributed by atoms with E-state index in [2.05, 4.69) is 5.32 Å². The molecule has 0 aliphatic heterocycles. The fourth-order valence-electron chi connectivity index (χ4n) is 2.42. The predicted octanol–water partition coefficient (Wildman–Crippen LogP) is 2.46. The van der Waals surface area contributed by atoms with Gasteiger partial charge in [0.2, 0.25) is 5.91 Å². The quantitative estimate of drug-likeness (QED) is 0.891. The highest BCUT2D eigenvalue weighted by atomic mass is 35.5. The molecule has 0 spiro atoms. The summed E-state index contributed by atoms with van der Waals surface area (Å²) in [5.41, 5.74) is 0.939. The van der Waals surface area contributed by atoms with E-state index < -0.39 is 5.97 Å². The van der Waals surface area contributed by atoms with Crippen LogP contribution in [0.1, 0.15) is 24.8 Å². The Bertz CT molecular complexity index is 489. The number of aliphatic carboxylic acids is 1. The minimum absolute atomic E-state index is 0.0660.